The highest BCUT2D eigenvalue weighted by molar-refractivity contribution is 5.68. The first kappa shape index (κ1) is 24.5. The molecule has 1 saturated heterocycles. The Morgan fingerprint density at radius 3 is 2.64 bits per heavy atom. The average molecular weight is 469 g/mol. The molecule has 2 heterocycles. The van der Waals surface area contributed by atoms with Crippen LogP contribution in [0.3, 0.4) is 0 Å². The number of alkyl carbamates (subject to hydrolysis) is 1. The number of hydrogen-bond acceptors (Lipinski definition) is 6. The molecular weight excluding hydrogens is 443 g/mol. The Hall–Kier alpha value is -3.15. The maximum Gasteiger partial charge on any atom is 0.434 e. The molecule has 2 aromatic rings. The predicted octanol–water partition coefficient (Wildman–Crippen LogP) is 4.29. The van der Waals surface area contributed by atoms with Gasteiger partial charge in [0, 0.05) is 37.5 Å². The molecule has 0 saturated carbocycles. The summed E-state index contributed by atoms with van der Waals surface area (Å²) in [5.41, 5.74) is -1.15. The van der Waals surface area contributed by atoms with Crippen LogP contribution >= 0.6 is 0 Å². The van der Waals surface area contributed by atoms with E-state index >= 15 is 0 Å². The number of nitro groups is 1. The molecule has 1 fully saturated rings. The zero-order chi connectivity index (χ0) is 24.4. The van der Waals surface area contributed by atoms with Crippen LogP contribution in [0.4, 0.5) is 23.7 Å². The SMILES string of the molecule is CC(C)(C)OC(=O)N[C@H]1CCCN(Cc2cc(-n3cnc(C(F)(F)F)c3)cc([N+](=O)[O-])c2)C1. The number of halogens is 3. The van der Waals surface area contributed by atoms with Crippen molar-refractivity contribution in [3.05, 3.63) is 52.1 Å². The number of alkyl halides is 3. The molecule has 9 nitrogen and oxygen atoms in total. The van der Waals surface area contributed by atoms with E-state index in [0.717, 1.165) is 29.9 Å². The van der Waals surface area contributed by atoms with E-state index in [9.17, 15) is 28.1 Å². The molecule has 1 N–H and O–H groups in total. The van der Waals surface area contributed by atoms with Crippen molar-refractivity contribution >= 4 is 11.8 Å². The van der Waals surface area contributed by atoms with E-state index in [0.29, 0.717) is 25.2 Å². The summed E-state index contributed by atoms with van der Waals surface area (Å²) in [5.74, 6) is 0. The second-order valence-corrected chi connectivity index (χ2v) is 9.00. The fourth-order valence-electron chi connectivity index (χ4n) is 3.66. The number of nitrogens with one attached hydrogen (secondary N) is 1. The molecule has 1 aromatic carbocycles. The number of piperidine rings is 1. The number of ether oxygens (including phenoxy) is 1. The molecule has 0 radical (unpaired) electrons. The summed E-state index contributed by atoms with van der Waals surface area (Å²) in [6.45, 7) is 6.89. The maximum absolute atomic E-state index is 12.9. The molecule has 1 aromatic heterocycles. The standard InChI is InChI=1S/C21H26F3N5O4/c1-20(2,3)33-19(30)26-15-5-4-6-27(11-15)10-14-7-16(9-17(8-14)29(31)32)28-12-18(25-13-28)21(22,23)24/h7-9,12-13,15H,4-6,10-11H2,1-3H3,(H,26,30)/t15-/m0/s1. The predicted molar refractivity (Wildman–Crippen MR) is 113 cm³/mol. The Labute approximate surface area is 188 Å². The summed E-state index contributed by atoms with van der Waals surface area (Å²) < 4.78 is 45.1. The number of rotatable bonds is 5. The Morgan fingerprint density at radius 2 is 2.03 bits per heavy atom. The molecule has 12 heteroatoms. The third-order valence-electron chi connectivity index (χ3n) is 4.98. The van der Waals surface area contributed by atoms with E-state index in [2.05, 4.69) is 10.3 Å². The number of non-ortho nitro benzene ring substituents is 1. The minimum atomic E-state index is -4.61. The number of aromatic nitrogens is 2. The Kier molecular flexibility index (Phi) is 6.96. The van der Waals surface area contributed by atoms with Crippen molar-refractivity contribution in [2.24, 2.45) is 0 Å². The quantitative estimate of drug-likeness (QED) is 0.518. The van der Waals surface area contributed by atoms with E-state index in [1.807, 2.05) is 4.90 Å². The number of carbonyl (C=O) groups excluding carboxylic acids is 1. The van der Waals surface area contributed by atoms with Crippen LogP contribution in [-0.4, -0.2) is 50.2 Å². The molecular formula is C21H26F3N5O4. The van der Waals surface area contributed by atoms with Crippen molar-refractivity contribution in [3.8, 4) is 5.69 Å². The van der Waals surface area contributed by atoms with Crippen LogP contribution in [0, 0.1) is 10.1 Å². The largest absolute Gasteiger partial charge is 0.444 e. The second-order valence-electron chi connectivity index (χ2n) is 9.00. The number of carbonyl (C=O) groups is 1. The van der Waals surface area contributed by atoms with Gasteiger partial charge in [0.05, 0.1) is 16.9 Å². The molecule has 1 amide bonds. The van der Waals surface area contributed by atoms with E-state index in [1.165, 1.54) is 12.1 Å². The lowest BCUT2D eigenvalue weighted by Gasteiger charge is -2.33. The first-order valence-corrected chi connectivity index (χ1v) is 10.4. The van der Waals surface area contributed by atoms with Crippen LogP contribution in [0.2, 0.25) is 0 Å². The Bertz CT molecular complexity index is 1020. The number of imidazole rings is 1. The summed E-state index contributed by atoms with van der Waals surface area (Å²) in [5, 5.41) is 14.3. The topological polar surface area (TPSA) is 103 Å². The normalized spacial score (nSPS) is 17.6. The third-order valence-corrected chi connectivity index (χ3v) is 4.98. The monoisotopic (exact) mass is 469 g/mol. The first-order chi connectivity index (χ1) is 15.3. The Balaban J connectivity index is 1.75. The molecule has 180 valence electrons. The maximum atomic E-state index is 12.9. The van der Waals surface area contributed by atoms with Crippen LogP contribution in [0.25, 0.3) is 5.69 Å². The summed E-state index contributed by atoms with van der Waals surface area (Å²) >= 11 is 0. The van der Waals surface area contributed by atoms with Gasteiger partial charge in [0.25, 0.3) is 5.69 Å². The number of benzene rings is 1. The Morgan fingerprint density at radius 1 is 1.30 bits per heavy atom. The number of nitrogens with zero attached hydrogens (tertiary/aromatic N) is 4. The van der Waals surface area contributed by atoms with Crippen molar-refractivity contribution in [1.82, 2.24) is 19.8 Å². The lowest BCUT2D eigenvalue weighted by Crippen LogP contribution is -2.48. The van der Waals surface area contributed by atoms with Gasteiger partial charge in [-0.25, -0.2) is 9.78 Å². The zero-order valence-electron chi connectivity index (χ0n) is 18.6. The lowest BCUT2D eigenvalue weighted by atomic mass is 10.0. The third kappa shape index (κ3) is 6.91. The van der Waals surface area contributed by atoms with Gasteiger partial charge >= 0.3 is 12.3 Å². The minimum absolute atomic E-state index is 0.144. The van der Waals surface area contributed by atoms with Crippen LogP contribution in [0.1, 0.15) is 44.9 Å². The second kappa shape index (κ2) is 9.38. The van der Waals surface area contributed by atoms with E-state index in [4.69, 9.17) is 4.74 Å². The highest BCUT2D eigenvalue weighted by Crippen LogP contribution is 2.29. The number of nitro benzene ring substituents is 1. The number of likely N-dealkylation sites (tertiary alicyclic amines) is 1. The molecule has 3 rings (SSSR count). The molecule has 0 bridgehead atoms. The van der Waals surface area contributed by atoms with Gasteiger partial charge < -0.3 is 14.6 Å². The van der Waals surface area contributed by atoms with E-state index in [1.54, 1.807) is 26.8 Å². The van der Waals surface area contributed by atoms with Crippen molar-refractivity contribution in [2.75, 3.05) is 13.1 Å². The summed E-state index contributed by atoms with van der Waals surface area (Å²) in [6.07, 6.45) is -1.77. The van der Waals surface area contributed by atoms with Gasteiger partial charge in [-0.05, 0) is 51.8 Å². The molecule has 0 unspecified atom stereocenters. The van der Waals surface area contributed by atoms with Gasteiger partial charge in [0.2, 0.25) is 0 Å². The minimum Gasteiger partial charge on any atom is -0.444 e. The van der Waals surface area contributed by atoms with Gasteiger partial charge in [-0.3, -0.25) is 15.0 Å². The van der Waals surface area contributed by atoms with Gasteiger partial charge in [0.1, 0.15) is 5.60 Å². The lowest BCUT2D eigenvalue weighted by molar-refractivity contribution is -0.384. The highest BCUT2D eigenvalue weighted by atomic mass is 19.4. The van der Waals surface area contributed by atoms with Crippen LogP contribution in [0.5, 0.6) is 0 Å². The molecule has 1 atom stereocenters. The van der Waals surface area contributed by atoms with Gasteiger partial charge in [0.15, 0.2) is 5.69 Å². The smallest absolute Gasteiger partial charge is 0.434 e. The molecule has 1 aliphatic heterocycles. The zero-order valence-corrected chi connectivity index (χ0v) is 18.6. The molecule has 0 aliphatic carbocycles. The first-order valence-electron chi connectivity index (χ1n) is 10.4. The fraction of sp³-hybridized carbons (Fsp3) is 0.524. The molecule has 33 heavy (non-hydrogen) atoms. The number of amides is 1. The van der Waals surface area contributed by atoms with Crippen LogP contribution in [-0.2, 0) is 17.5 Å². The summed E-state index contributed by atoms with van der Waals surface area (Å²) in [6, 6.07) is 4.05. The van der Waals surface area contributed by atoms with Gasteiger partial charge in [-0.15, -0.1) is 0 Å². The van der Waals surface area contributed by atoms with Crippen molar-refractivity contribution in [1.29, 1.82) is 0 Å². The molecule has 1 aliphatic rings. The fourth-order valence-corrected chi connectivity index (χ4v) is 3.66. The van der Waals surface area contributed by atoms with E-state index in [-0.39, 0.29) is 17.4 Å². The van der Waals surface area contributed by atoms with Crippen molar-refractivity contribution in [2.45, 2.75) is 58.0 Å². The van der Waals surface area contributed by atoms with Gasteiger partial charge in [-0.2, -0.15) is 13.2 Å². The van der Waals surface area contributed by atoms with Crippen molar-refractivity contribution < 1.29 is 27.6 Å². The highest BCUT2D eigenvalue weighted by Gasteiger charge is 2.33. The van der Waals surface area contributed by atoms with E-state index < -0.39 is 28.5 Å². The van der Waals surface area contributed by atoms with Gasteiger partial charge in [-0.1, -0.05) is 0 Å². The molecule has 0 spiro atoms. The van der Waals surface area contributed by atoms with Crippen molar-refractivity contribution in [3.63, 3.8) is 0 Å². The summed E-state index contributed by atoms with van der Waals surface area (Å²) in [4.78, 5) is 28.3. The number of hydrogen-bond donors (Lipinski definition) is 1. The summed E-state index contributed by atoms with van der Waals surface area (Å²) in [7, 11) is 0. The van der Waals surface area contributed by atoms with Crippen LogP contribution in [0.15, 0.2) is 30.7 Å². The van der Waals surface area contributed by atoms with Crippen LogP contribution < -0.4 is 5.32 Å². The average Bonchev–Trinajstić information content (AvgIpc) is 3.17.